The molecule has 4 nitrogen and oxygen atoms in total. The minimum atomic E-state index is -0.0165. The second-order valence-corrected chi connectivity index (χ2v) is 6.95. The van der Waals surface area contributed by atoms with E-state index in [9.17, 15) is 4.79 Å². The summed E-state index contributed by atoms with van der Waals surface area (Å²) in [7, 11) is 0. The van der Waals surface area contributed by atoms with Crippen molar-refractivity contribution in [3.63, 3.8) is 0 Å². The molecular weight excluding hydrogens is 318 g/mol. The van der Waals surface area contributed by atoms with E-state index in [0.29, 0.717) is 0 Å². The van der Waals surface area contributed by atoms with Gasteiger partial charge in [0.15, 0.2) is 0 Å². The third kappa shape index (κ3) is 3.08. The third-order valence-corrected chi connectivity index (χ3v) is 5.49. The monoisotopic (exact) mass is 337 g/mol. The maximum Gasteiger partial charge on any atom is 0.321 e. The van der Waals surface area contributed by atoms with Gasteiger partial charge in [-0.1, -0.05) is 36.4 Å². The average Bonchev–Trinajstić information content (AvgIpc) is 3.07. The Morgan fingerprint density at radius 1 is 0.917 bits per heavy atom. The lowest BCUT2D eigenvalue weighted by Crippen LogP contribution is -2.49. The number of hydrogen-bond acceptors (Lipinski definition) is 3. The number of carbonyl (C=O) groups is 1. The topological polar surface area (TPSA) is 35.6 Å². The molecule has 1 aliphatic rings. The number of benzene rings is 2. The molecule has 122 valence electrons. The lowest BCUT2D eigenvalue weighted by Gasteiger charge is -2.35. The number of carbonyl (C=O) groups excluding carboxylic acids is 1. The van der Waals surface area contributed by atoms with Crippen molar-refractivity contribution >= 4 is 38.1 Å². The highest BCUT2D eigenvalue weighted by Gasteiger charge is 2.22. The van der Waals surface area contributed by atoms with Gasteiger partial charge in [-0.3, -0.25) is 0 Å². The minimum absolute atomic E-state index is 0.0165. The van der Waals surface area contributed by atoms with Crippen molar-refractivity contribution in [1.29, 1.82) is 0 Å². The first-order chi connectivity index (χ1) is 11.8. The summed E-state index contributed by atoms with van der Waals surface area (Å²) in [4.78, 5) is 16.6. The second kappa shape index (κ2) is 6.53. The molecule has 0 aliphatic carbocycles. The van der Waals surface area contributed by atoms with E-state index in [2.05, 4.69) is 40.5 Å². The van der Waals surface area contributed by atoms with Crippen molar-refractivity contribution in [1.82, 2.24) is 4.90 Å². The van der Waals surface area contributed by atoms with Crippen molar-refractivity contribution in [2.75, 3.05) is 36.4 Å². The van der Waals surface area contributed by atoms with E-state index in [1.807, 2.05) is 46.6 Å². The molecule has 5 heteroatoms. The van der Waals surface area contributed by atoms with Crippen LogP contribution >= 0.6 is 11.3 Å². The van der Waals surface area contributed by atoms with Gasteiger partial charge in [-0.05, 0) is 29.7 Å². The van der Waals surface area contributed by atoms with E-state index < -0.39 is 0 Å². The summed E-state index contributed by atoms with van der Waals surface area (Å²) in [6, 6.07) is 20.3. The zero-order chi connectivity index (χ0) is 16.4. The lowest BCUT2D eigenvalue weighted by molar-refractivity contribution is 0.208. The van der Waals surface area contributed by atoms with E-state index in [-0.39, 0.29) is 6.03 Å². The highest BCUT2D eigenvalue weighted by molar-refractivity contribution is 7.22. The third-order valence-electron chi connectivity index (χ3n) is 4.32. The predicted molar refractivity (Wildman–Crippen MR) is 101 cm³/mol. The largest absolute Gasteiger partial charge is 0.360 e. The number of rotatable bonds is 2. The van der Waals surface area contributed by atoms with Crippen molar-refractivity contribution < 1.29 is 4.79 Å². The van der Waals surface area contributed by atoms with Crippen molar-refractivity contribution in [2.45, 2.75) is 0 Å². The fourth-order valence-electron chi connectivity index (χ4n) is 2.98. The van der Waals surface area contributed by atoms with Crippen LogP contribution < -0.4 is 10.2 Å². The van der Waals surface area contributed by atoms with Crippen LogP contribution in [0.25, 0.3) is 10.1 Å². The van der Waals surface area contributed by atoms with Gasteiger partial charge in [-0.25, -0.2) is 4.79 Å². The van der Waals surface area contributed by atoms with Crippen LogP contribution in [0.15, 0.2) is 60.7 Å². The molecule has 2 heterocycles. The maximum atomic E-state index is 12.4. The van der Waals surface area contributed by atoms with Gasteiger partial charge >= 0.3 is 6.03 Å². The standard InChI is InChI=1S/C19H19N3OS/c23-19(20-16-7-2-1-3-8-16)22-12-10-21(11-13-22)18-14-15-6-4-5-9-17(15)24-18/h1-9,14H,10-13H2,(H,20,23). The van der Waals surface area contributed by atoms with E-state index >= 15 is 0 Å². The summed E-state index contributed by atoms with van der Waals surface area (Å²) >= 11 is 1.82. The molecule has 0 spiro atoms. The molecule has 1 fully saturated rings. The fraction of sp³-hybridized carbons (Fsp3) is 0.211. The Morgan fingerprint density at radius 3 is 2.38 bits per heavy atom. The van der Waals surface area contributed by atoms with E-state index in [1.165, 1.54) is 15.1 Å². The molecule has 1 saturated heterocycles. The first kappa shape index (κ1) is 15.0. The number of para-hydroxylation sites is 1. The van der Waals surface area contributed by atoms with E-state index in [1.54, 1.807) is 0 Å². The van der Waals surface area contributed by atoms with Crippen LogP contribution in [0.2, 0.25) is 0 Å². The molecule has 0 radical (unpaired) electrons. The maximum absolute atomic E-state index is 12.4. The van der Waals surface area contributed by atoms with Gasteiger partial charge in [0, 0.05) is 36.6 Å². The van der Waals surface area contributed by atoms with E-state index in [0.717, 1.165) is 31.9 Å². The first-order valence-electron chi connectivity index (χ1n) is 8.14. The molecule has 3 aromatic rings. The smallest absolute Gasteiger partial charge is 0.321 e. The van der Waals surface area contributed by atoms with Crippen molar-refractivity contribution in [3.05, 3.63) is 60.7 Å². The molecule has 4 rings (SSSR count). The van der Waals surface area contributed by atoms with Gasteiger partial charge in [-0.15, -0.1) is 11.3 Å². The summed E-state index contributed by atoms with van der Waals surface area (Å²) in [6.07, 6.45) is 0. The summed E-state index contributed by atoms with van der Waals surface area (Å²) in [5, 5.41) is 5.54. The SMILES string of the molecule is O=C(Nc1ccccc1)N1CCN(c2cc3ccccc3s2)CC1. The van der Waals surface area contributed by atoms with Crippen LogP contribution in [0.3, 0.4) is 0 Å². The molecule has 1 aliphatic heterocycles. The minimum Gasteiger partial charge on any atom is -0.360 e. The molecule has 0 unspecified atom stereocenters. The van der Waals surface area contributed by atoms with Crippen LogP contribution in [0, 0.1) is 0 Å². The number of nitrogens with one attached hydrogen (secondary N) is 1. The molecule has 0 atom stereocenters. The van der Waals surface area contributed by atoms with Crippen molar-refractivity contribution in [3.8, 4) is 0 Å². The zero-order valence-corrected chi connectivity index (χ0v) is 14.1. The number of hydrogen-bond donors (Lipinski definition) is 1. The average molecular weight is 337 g/mol. The molecule has 2 aromatic carbocycles. The van der Waals surface area contributed by atoms with Crippen LogP contribution in [0.1, 0.15) is 0 Å². The number of anilines is 2. The highest BCUT2D eigenvalue weighted by atomic mass is 32.1. The molecule has 2 amide bonds. The Balaban J connectivity index is 1.38. The van der Waals surface area contributed by atoms with Crippen LogP contribution in [-0.2, 0) is 0 Å². The Labute approximate surface area is 145 Å². The number of urea groups is 1. The quantitative estimate of drug-likeness (QED) is 0.758. The molecule has 1 N–H and O–H groups in total. The fourth-order valence-corrected chi connectivity index (χ4v) is 4.09. The van der Waals surface area contributed by atoms with E-state index in [4.69, 9.17) is 0 Å². The number of amides is 2. The number of piperazine rings is 1. The lowest BCUT2D eigenvalue weighted by atomic mass is 10.2. The first-order valence-corrected chi connectivity index (χ1v) is 8.96. The Morgan fingerprint density at radius 2 is 1.62 bits per heavy atom. The summed E-state index contributed by atoms with van der Waals surface area (Å²) in [5.74, 6) is 0. The molecule has 1 aromatic heterocycles. The molecule has 0 bridgehead atoms. The highest BCUT2D eigenvalue weighted by Crippen LogP contribution is 2.32. The van der Waals surface area contributed by atoms with Gasteiger partial charge in [0.25, 0.3) is 0 Å². The Bertz CT molecular complexity index is 805. The normalized spacial score (nSPS) is 14.8. The Kier molecular flexibility index (Phi) is 4.09. The van der Waals surface area contributed by atoms with Crippen LogP contribution in [0.5, 0.6) is 0 Å². The molecular formula is C19H19N3OS. The van der Waals surface area contributed by atoms with Gasteiger partial charge < -0.3 is 15.1 Å². The Hall–Kier alpha value is -2.53. The second-order valence-electron chi connectivity index (χ2n) is 5.89. The molecule has 0 saturated carbocycles. The summed E-state index contributed by atoms with van der Waals surface area (Å²) in [5.41, 5.74) is 0.842. The predicted octanol–water partition coefficient (Wildman–Crippen LogP) is 4.26. The zero-order valence-electron chi connectivity index (χ0n) is 13.3. The van der Waals surface area contributed by atoms with Crippen LogP contribution in [-0.4, -0.2) is 37.1 Å². The number of nitrogens with zero attached hydrogens (tertiary/aromatic N) is 2. The number of fused-ring (bicyclic) bond motifs is 1. The van der Waals surface area contributed by atoms with Gasteiger partial charge in [0.2, 0.25) is 0 Å². The molecule has 24 heavy (non-hydrogen) atoms. The van der Waals surface area contributed by atoms with Gasteiger partial charge in [0.1, 0.15) is 0 Å². The summed E-state index contributed by atoms with van der Waals surface area (Å²) < 4.78 is 1.32. The summed E-state index contributed by atoms with van der Waals surface area (Å²) in [6.45, 7) is 3.23. The number of thiophene rings is 1. The van der Waals surface area contributed by atoms with Crippen molar-refractivity contribution in [2.24, 2.45) is 0 Å². The van der Waals surface area contributed by atoms with Crippen LogP contribution in [0.4, 0.5) is 15.5 Å². The van der Waals surface area contributed by atoms with Gasteiger partial charge in [0.05, 0.1) is 5.00 Å². The van der Waals surface area contributed by atoms with Gasteiger partial charge in [-0.2, -0.15) is 0 Å².